The Labute approximate surface area is 233 Å². The summed E-state index contributed by atoms with van der Waals surface area (Å²) in [4.78, 5) is 54.2. The standard InChI is InChI=1S/C26H28ClN9O4/c1-14(26(39)35-11-16(28)12-35)31-25(38)18-9-29-24-23(18)32-19(10-30-24)22-17-3-2-15(27)8-20(17)36(33-22)13-21(37)34-4-6-40-7-5-34/h2-3,8-10,14,16H,4-7,11-13,28H2,1H3,(H,29,30)(H,31,38)/t14-/m1/s1. The van der Waals surface area contributed by atoms with Gasteiger partial charge >= 0.3 is 0 Å². The van der Waals surface area contributed by atoms with E-state index in [4.69, 9.17) is 32.2 Å². The maximum absolute atomic E-state index is 13.1. The highest BCUT2D eigenvalue weighted by molar-refractivity contribution is 6.31. The third-order valence-corrected chi connectivity index (χ3v) is 7.41. The first-order chi connectivity index (χ1) is 19.3. The maximum atomic E-state index is 13.1. The van der Waals surface area contributed by atoms with Crippen LogP contribution in [0.2, 0.25) is 5.02 Å². The van der Waals surface area contributed by atoms with Crippen LogP contribution in [0, 0.1) is 0 Å². The van der Waals surface area contributed by atoms with Crippen LogP contribution < -0.4 is 11.1 Å². The minimum Gasteiger partial charge on any atom is -0.378 e. The number of nitrogens with two attached hydrogens (primary N) is 1. The molecule has 2 aliphatic rings. The van der Waals surface area contributed by atoms with Gasteiger partial charge in [-0.25, -0.2) is 9.97 Å². The van der Waals surface area contributed by atoms with E-state index in [2.05, 4.69) is 15.3 Å². The fourth-order valence-electron chi connectivity index (χ4n) is 4.98. The van der Waals surface area contributed by atoms with Crippen molar-refractivity contribution in [1.29, 1.82) is 0 Å². The fourth-order valence-corrected chi connectivity index (χ4v) is 5.15. The first-order valence-electron chi connectivity index (χ1n) is 13.0. The molecule has 3 aromatic heterocycles. The molecule has 2 fully saturated rings. The van der Waals surface area contributed by atoms with Crippen molar-refractivity contribution in [1.82, 2.24) is 39.8 Å². The average molecular weight is 566 g/mol. The zero-order valence-corrected chi connectivity index (χ0v) is 22.5. The second-order valence-electron chi connectivity index (χ2n) is 10.0. The van der Waals surface area contributed by atoms with Gasteiger partial charge in [0, 0.05) is 48.8 Å². The average Bonchev–Trinajstić information content (AvgIpc) is 3.52. The van der Waals surface area contributed by atoms with Crippen LogP contribution in [0.5, 0.6) is 0 Å². The number of ether oxygens (including phenoxy) is 1. The van der Waals surface area contributed by atoms with Crippen LogP contribution in [0.4, 0.5) is 0 Å². The molecule has 40 heavy (non-hydrogen) atoms. The van der Waals surface area contributed by atoms with Crippen LogP contribution in [-0.4, -0.2) is 104 Å². The molecule has 2 aliphatic heterocycles. The number of H-pyrrole nitrogens is 1. The molecule has 14 heteroatoms. The molecular weight excluding hydrogens is 538 g/mol. The minimum atomic E-state index is -0.727. The van der Waals surface area contributed by atoms with Gasteiger partial charge in [-0.1, -0.05) is 11.6 Å². The van der Waals surface area contributed by atoms with Crippen LogP contribution in [0.3, 0.4) is 0 Å². The Morgan fingerprint density at radius 3 is 2.75 bits per heavy atom. The fraction of sp³-hybridized carbons (Fsp3) is 0.385. The number of amides is 3. The van der Waals surface area contributed by atoms with Gasteiger partial charge in [0.2, 0.25) is 11.8 Å². The van der Waals surface area contributed by atoms with Crippen LogP contribution >= 0.6 is 11.6 Å². The summed E-state index contributed by atoms with van der Waals surface area (Å²) in [5.74, 6) is -0.722. The van der Waals surface area contributed by atoms with E-state index >= 15 is 0 Å². The lowest BCUT2D eigenvalue weighted by Crippen LogP contribution is -2.61. The molecule has 13 nitrogen and oxygen atoms in total. The lowest BCUT2D eigenvalue weighted by molar-refractivity contribution is -0.137. The van der Waals surface area contributed by atoms with Crippen molar-refractivity contribution >= 4 is 51.4 Å². The number of hydrogen-bond acceptors (Lipinski definition) is 8. The van der Waals surface area contributed by atoms with Gasteiger partial charge < -0.3 is 30.6 Å². The zero-order chi connectivity index (χ0) is 28.0. The highest BCUT2D eigenvalue weighted by Crippen LogP contribution is 2.30. The summed E-state index contributed by atoms with van der Waals surface area (Å²) >= 11 is 6.29. The highest BCUT2D eigenvalue weighted by atomic mass is 35.5. The van der Waals surface area contributed by atoms with E-state index in [1.807, 2.05) is 6.07 Å². The number of halogens is 1. The van der Waals surface area contributed by atoms with E-state index in [0.29, 0.717) is 72.5 Å². The normalized spacial score (nSPS) is 16.8. The van der Waals surface area contributed by atoms with Crippen molar-refractivity contribution in [3.63, 3.8) is 0 Å². The number of nitrogens with one attached hydrogen (secondary N) is 2. The molecule has 0 radical (unpaired) electrons. The summed E-state index contributed by atoms with van der Waals surface area (Å²) in [5, 5.41) is 8.71. The molecule has 0 spiro atoms. The van der Waals surface area contributed by atoms with Gasteiger partial charge in [-0.05, 0) is 25.1 Å². The monoisotopic (exact) mass is 565 g/mol. The number of aromatic nitrogens is 5. The second-order valence-corrected chi connectivity index (χ2v) is 10.5. The number of morpholine rings is 1. The molecule has 6 rings (SSSR count). The number of likely N-dealkylation sites (tertiary alicyclic amines) is 1. The first kappa shape index (κ1) is 26.2. The van der Waals surface area contributed by atoms with Crippen molar-refractivity contribution in [3.05, 3.63) is 41.2 Å². The molecule has 0 unspecified atom stereocenters. The van der Waals surface area contributed by atoms with Crippen molar-refractivity contribution in [2.24, 2.45) is 5.73 Å². The minimum absolute atomic E-state index is 0.0257. The molecule has 2 saturated heterocycles. The topological polar surface area (TPSA) is 164 Å². The Kier molecular flexibility index (Phi) is 6.86. The van der Waals surface area contributed by atoms with Crippen LogP contribution in [0.15, 0.2) is 30.6 Å². The molecule has 1 atom stereocenters. The maximum Gasteiger partial charge on any atom is 0.255 e. The predicted octanol–water partition coefficient (Wildman–Crippen LogP) is 0.775. The van der Waals surface area contributed by atoms with Gasteiger partial charge in [0.25, 0.3) is 5.91 Å². The van der Waals surface area contributed by atoms with E-state index in [-0.39, 0.29) is 30.0 Å². The second kappa shape index (κ2) is 10.5. The summed E-state index contributed by atoms with van der Waals surface area (Å²) < 4.78 is 6.97. The lowest BCUT2D eigenvalue weighted by atomic mass is 10.1. The van der Waals surface area contributed by atoms with E-state index in [9.17, 15) is 14.4 Å². The molecule has 4 N–H and O–H groups in total. The molecule has 208 valence electrons. The Hall–Kier alpha value is -4.07. The lowest BCUT2D eigenvalue weighted by Gasteiger charge is -2.38. The number of carbonyl (C=O) groups excluding carboxylic acids is 3. The summed E-state index contributed by atoms with van der Waals surface area (Å²) in [6, 6.07) is 4.57. The summed E-state index contributed by atoms with van der Waals surface area (Å²) in [6.07, 6.45) is 3.07. The molecule has 0 saturated carbocycles. The summed E-state index contributed by atoms with van der Waals surface area (Å²) in [5.41, 5.74) is 8.37. The van der Waals surface area contributed by atoms with Crippen LogP contribution in [0.1, 0.15) is 17.3 Å². The van der Waals surface area contributed by atoms with Gasteiger partial charge in [-0.15, -0.1) is 0 Å². The molecular formula is C26H28ClN9O4. The molecule has 3 amide bonds. The largest absolute Gasteiger partial charge is 0.378 e. The molecule has 0 bridgehead atoms. The van der Waals surface area contributed by atoms with Gasteiger partial charge in [0.1, 0.15) is 29.5 Å². The van der Waals surface area contributed by atoms with Crippen molar-refractivity contribution in [2.45, 2.75) is 25.6 Å². The Morgan fingerprint density at radius 1 is 1.23 bits per heavy atom. The Bertz CT molecular complexity index is 1620. The summed E-state index contributed by atoms with van der Waals surface area (Å²) in [7, 11) is 0. The van der Waals surface area contributed by atoms with Crippen molar-refractivity contribution < 1.29 is 19.1 Å². The summed E-state index contributed by atoms with van der Waals surface area (Å²) in [6.45, 7) is 4.68. The molecule has 4 aromatic rings. The molecule has 1 aromatic carbocycles. The number of aromatic amines is 1. The smallest absolute Gasteiger partial charge is 0.255 e. The number of hydrogen-bond donors (Lipinski definition) is 3. The Balaban J connectivity index is 1.30. The van der Waals surface area contributed by atoms with Gasteiger partial charge in [-0.2, -0.15) is 5.10 Å². The quantitative estimate of drug-likeness (QED) is 0.308. The number of rotatable bonds is 6. The van der Waals surface area contributed by atoms with Gasteiger partial charge in [0.05, 0.1) is 30.5 Å². The van der Waals surface area contributed by atoms with Crippen LogP contribution in [-0.2, 0) is 20.9 Å². The van der Waals surface area contributed by atoms with Gasteiger partial charge in [-0.3, -0.25) is 19.1 Å². The van der Waals surface area contributed by atoms with Gasteiger partial charge in [0.15, 0.2) is 5.65 Å². The van der Waals surface area contributed by atoms with Crippen LogP contribution in [0.25, 0.3) is 33.5 Å². The van der Waals surface area contributed by atoms with E-state index < -0.39 is 11.9 Å². The van der Waals surface area contributed by atoms with E-state index in [0.717, 1.165) is 5.39 Å². The molecule has 0 aliphatic carbocycles. The van der Waals surface area contributed by atoms with E-state index in [1.165, 1.54) is 6.20 Å². The number of fused-ring (bicyclic) bond motifs is 2. The first-order valence-corrected chi connectivity index (χ1v) is 13.4. The number of nitrogens with zero attached hydrogens (tertiary/aromatic N) is 6. The number of benzene rings is 1. The zero-order valence-electron chi connectivity index (χ0n) is 21.8. The predicted molar refractivity (Wildman–Crippen MR) is 147 cm³/mol. The SMILES string of the molecule is C[C@@H](NC(=O)c1c[nH]c2ncc(-c3nn(CC(=O)N4CCOCC4)c4cc(Cl)ccc34)nc12)C(=O)N1CC(N)C1. The van der Waals surface area contributed by atoms with E-state index in [1.54, 1.807) is 39.7 Å². The molecule has 5 heterocycles. The third kappa shape index (κ3) is 4.87. The van der Waals surface area contributed by atoms with Crippen molar-refractivity contribution in [3.8, 4) is 11.4 Å². The number of carbonyl (C=O) groups is 3. The highest BCUT2D eigenvalue weighted by Gasteiger charge is 2.32. The third-order valence-electron chi connectivity index (χ3n) is 7.17. The Morgan fingerprint density at radius 2 is 2.00 bits per heavy atom. The van der Waals surface area contributed by atoms with Crippen molar-refractivity contribution in [2.75, 3.05) is 39.4 Å².